The van der Waals surface area contributed by atoms with E-state index in [0.717, 1.165) is 23.2 Å². The number of hydrogen-bond acceptors (Lipinski definition) is 1. The molecule has 0 aliphatic carbocycles. The van der Waals surface area contributed by atoms with Crippen LogP contribution in [0.4, 0.5) is 0 Å². The quantitative estimate of drug-likeness (QED) is 0.559. The first-order chi connectivity index (χ1) is 9.63. The van der Waals surface area contributed by atoms with E-state index >= 15 is 0 Å². The summed E-state index contributed by atoms with van der Waals surface area (Å²) in [6.07, 6.45) is 1.01. The lowest BCUT2D eigenvalue weighted by molar-refractivity contribution is 0.315. The van der Waals surface area contributed by atoms with Crippen LogP contribution < -0.4 is 4.74 Å². The van der Waals surface area contributed by atoms with Crippen LogP contribution in [0.25, 0.3) is 0 Å². The monoisotopic (exact) mass is 396 g/mol. The number of halogens is 2. The molecule has 0 spiro atoms. The molecule has 0 aliphatic rings. The molecule has 2 rings (SSSR count). The van der Waals surface area contributed by atoms with Crippen LogP contribution in [0.2, 0.25) is 0 Å². The molecule has 0 bridgehead atoms. The molecule has 0 amide bonds. The molecule has 0 aromatic heterocycles. The summed E-state index contributed by atoms with van der Waals surface area (Å²) in [4.78, 5) is 0.195. The van der Waals surface area contributed by atoms with Crippen LogP contribution in [0.5, 0.6) is 5.75 Å². The van der Waals surface area contributed by atoms with Crippen molar-refractivity contribution in [3.8, 4) is 5.75 Å². The van der Waals surface area contributed by atoms with Gasteiger partial charge in [-0.25, -0.2) is 0 Å². The largest absolute Gasteiger partial charge is 0.492 e. The Hall–Kier alpha value is -0.800. The zero-order chi connectivity index (χ0) is 14.5. The second-order valence-corrected chi connectivity index (χ2v) is 6.53. The fourth-order valence-corrected chi connectivity index (χ4v) is 3.36. The Kier molecular flexibility index (Phi) is 5.67. The zero-order valence-electron chi connectivity index (χ0n) is 11.7. The molecule has 1 nitrogen and oxygen atoms in total. The van der Waals surface area contributed by atoms with Crippen LogP contribution in [-0.4, -0.2) is 6.61 Å². The molecule has 0 saturated heterocycles. The minimum absolute atomic E-state index is 0.195. The maximum Gasteiger partial charge on any atom is 0.133 e. The van der Waals surface area contributed by atoms with Crippen molar-refractivity contribution in [2.45, 2.75) is 25.1 Å². The van der Waals surface area contributed by atoms with E-state index in [-0.39, 0.29) is 4.83 Å². The first-order valence-corrected chi connectivity index (χ1v) is 8.46. The number of ether oxygens (including phenoxy) is 1. The van der Waals surface area contributed by atoms with Crippen LogP contribution in [0.3, 0.4) is 0 Å². The third-order valence-electron chi connectivity index (χ3n) is 3.17. The van der Waals surface area contributed by atoms with Crippen LogP contribution in [0, 0.1) is 6.92 Å². The van der Waals surface area contributed by atoms with Crippen molar-refractivity contribution in [2.24, 2.45) is 0 Å². The number of alkyl halides is 1. The fraction of sp³-hybridized carbons (Fsp3) is 0.294. The number of benzene rings is 2. The third kappa shape index (κ3) is 3.64. The number of rotatable bonds is 5. The van der Waals surface area contributed by atoms with Crippen molar-refractivity contribution >= 4 is 31.9 Å². The topological polar surface area (TPSA) is 9.23 Å². The Bertz CT molecular complexity index is 581. The second-order valence-electron chi connectivity index (χ2n) is 4.76. The van der Waals surface area contributed by atoms with Gasteiger partial charge in [-0.1, -0.05) is 53.2 Å². The van der Waals surface area contributed by atoms with Crippen molar-refractivity contribution in [1.82, 2.24) is 0 Å². The van der Waals surface area contributed by atoms with E-state index in [1.165, 1.54) is 16.7 Å². The SMILES string of the molecule is CCCOc1ccc(C(Br)c2ccccc2C)cc1Br. The van der Waals surface area contributed by atoms with Gasteiger partial charge >= 0.3 is 0 Å². The van der Waals surface area contributed by atoms with Crippen LogP contribution in [-0.2, 0) is 0 Å². The van der Waals surface area contributed by atoms with E-state index in [9.17, 15) is 0 Å². The summed E-state index contributed by atoms with van der Waals surface area (Å²) in [5.74, 6) is 0.903. The molecule has 1 unspecified atom stereocenters. The molecule has 0 saturated carbocycles. The summed E-state index contributed by atoms with van der Waals surface area (Å²) < 4.78 is 6.69. The van der Waals surface area contributed by atoms with Gasteiger partial charge < -0.3 is 4.74 Å². The Morgan fingerprint density at radius 3 is 2.55 bits per heavy atom. The summed E-state index contributed by atoms with van der Waals surface area (Å²) >= 11 is 7.39. The van der Waals surface area contributed by atoms with E-state index < -0.39 is 0 Å². The lowest BCUT2D eigenvalue weighted by atomic mass is 10.0. The highest BCUT2D eigenvalue weighted by Gasteiger charge is 2.14. The molecule has 2 aromatic carbocycles. The smallest absolute Gasteiger partial charge is 0.133 e. The zero-order valence-corrected chi connectivity index (χ0v) is 14.9. The van der Waals surface area contributed by atoms with Gasteiger partial charge in [0.2, 0.25) is 0 Å². The minimum Gasteiger partial charge on any atom is -0.492 e. The standard InChI is InChI=1S/C17H18Br2O/c1-3-10-20-16-9-8-13(11-15(16)18)17(19)14-7-5-4-6-12(14)2/h4-9,11,17H,3,10H2,1-2H3. The van der Waals surface area contributed by atoms with Crippen molar-refractivity contribution in [1.29, 1.82) is 0 Å². The highest BCUT2D eigenvalue weighted by atomic mass is 79.9. The Balaban J connectivity index is 2.25. The van der Waals surface area contributed by atoms with Gasteiger partial charge in [-0.3, -0.25) is 0 Å². The summed E-state index contributed by atoms with van der Waals surface area (Å²) in [7, 11) is 0. The average molecular weight is 398 g/mol. The molecule has 0 aliphatic heterocycles. The van der Waals surface area contributed by atoms with Gasteiger partial charge in [0.25, 0.3) is 0 Å². The molecule has 0 fully saturated rings. The summed E-state index contributed by atoms with van der Waals surface area (Å²) in [5, 5.41) is 0. The first kappa shape index (κ1) is 15.6. The van der Waals surface area contributed by atoms with Crippen LogP contribution in [0.1, 0.15) is 34.9 Å². The molecule has 0 N–H and O–H groups in total. The normalized spacial score (nSPS) is 12.2. The molecular weight excluding hydrogens is 380 g/mol. The lowest BCUT2D eigenvalue weighted by Crippen LogP contribution is -1.98. The van der Waals surface area contributed by atoms with E-state index in [1.807, 2.05) is 6.07 Å². The maximum atomic E-state index is 5.69. The molecule has 20 heavy (non-hydrogen) atoms. The molecule has 3 heteroatoms. The molecule has 0 radical (unpaired) electrons. The molecule has 2 aromatic rings. The lowest BCUT2D eigenvalue weighted by Gasteiger charge is -2.15. The van der Waals surface area contributed by atoms with Gasteiger partial charge in [0.15, 0.2) is 0 Å². The van der Waals surface area contributed by atoms with Crippen molar-refractivity contribution < 1.29 is 4.74 Å². The van der Waals surface area contributed by atoms with E-state index in [0.29, 0.717) is 0 Å². The van der Waals surface area contributed by atoms with Crippen LogP contribution >= 0.6 is 31.9 Å². The average Bonchev–Trinajstić information content (AvgIpc) is 2.46. The highest BCUT2D eigenvalue weighted by molar-refractivity contribution is 9.10. The molecule has 0 heterocycles. The van der Waals surface area contributed by atoms with Crippen molar-refractivity contribution in [3.05, 3.63) is 63.6 Å². The number of hydrogen-bond donors (Lipinski definition) is 0. The predicted octanol–water partition coefficient (Wildman–Crippen LogP) is 6.03. The van der Waals surface area contributed by atoms with Crippen LogP contribution in [0.15, 0.2) is 46.9 Å². The molecule has 106 valence electrons. The maximum absolute atomic E-state index is 5.69. The van der Waals surface area contributed by atoms with Gasteiger partial charge in [0.05, 0.1) is 15.9 Å². The van der Waals surface area contributed by atoms with Gasteiger partial charge in [-0.15, -0.1) is 0 Å². The van der Waals surface area contributed by atoms with Crippen molar-refractivity contribution in [2.75, 3.05) is 6.61 Å². The second kappa shape index (κ2) is 7.28. The van der Waals surface area contributed by atoms with E-state index in [1.54, 1.807) is 0 Å². The Morgan fingerprint density at radius 1 is 1.15 bits per heavy atom. The van der Waals surface area contributed by atoms with Gasteiger partial charge in [-0.2, -0.15) is 0 Å². The fourth-order valence-electron chi connectivity index (χ4n) is 2.05. The Morgan fingerprint density at radius 2 is 1.90 bits per heavy atom. The summed E-state index contributed by atoms with van der Waals surface area (Å²) in [5.41, 5.74) is 3.80. The van der Waals surface area contributed by atoms with Gasteiger partial charge in [-0.05, 0) is 58.1 Å². The van der Waals surface area contributed by atoms with Gasteiger partial charge in [0, 0.05) is 0 Å². The third-order valence-corrected chi connectivity index (χ3v) is 4.81. The Labute approximate surface area is 137 Å². The molecular formula is C17H18Br2O. The van der Waals surface area contributed by atoms with Gasteiger partial charge in [0.1, 0.15) is 5.75 Å². The molecule has 1 atom stereocenters. The van der Waals surface area contributed by atoms with E-state index in [2.05, 4.69) is 82.1 Å². The summed E-state index contributed by atoms with van der Waals surface area (Å²) in [6.45, 7) is 4.99. The summed E-state index contributed by atoms with van der Waals surface area (Å²) in [6, 6.07) is 14.7. The van der Waals surface area contributed by atoms with Crippen molar-refractivity contribution in [3.63, 3.8) is 0 Å². The predicted molar refractivity (Wildman–Crippen MR) is 91.9 cm³/mol. The minimum atomic E-state index is 0.195. The van der Waals surface area contributed by atoms with E-state index in [4.69, 9.17) is 4.74 Å². The number of aryl methyl sites for hydroxylation is 1. The highest BCUT2D eigenvalue weighted by Crippen LogP contribution is 2.36. The first-order valence-electron chi connectivity index (χ1n) is 6.75.